The summed E-state index contributed by atoms with van der Waals surface area (Å²) in [6, 6.07) is 38.1. The number of ketones is 1. The average molecular weight is 671 g/mol. The Labute approximate surface area is 234 Å². The molecule has 6 aromatic rings. The molecule has 0 saturated carbocycles. The van der Waals surface area contributed by atoms with E-state index in [9.17, 15) is 4.79 Å². The number of benzene rings is 5. The minimum atomic E-state index is -0.125. The van der Waals surface area contributed by atoms with Gasteiger partial charge in [0.25, 0.3) is 0 Å². The molecule has 0 bridgehead atoms. The first-order chi connectivity index (χ1) is 18.0. The van der Waals surface area contributed by atoms with Crippen LogP contribution < -0.4 is 0 Å². The second-order valence-corrected chi connectivity index (χ2v) is 9.37. The topological polar surface area (TPSA) is 50.2 Å². The van der Waals surface area contributed by atoms with Crippen molar-refractivity contribution in [2.24, 2.45) is 0 Å². The van der Waals surface area contributed by atoms with Gasteiger partial charge in [0.05, 0.1) is 11.3 Å². The molecule has 0 aliphatic heterocycles. The van der Waals surface area contributed by atoms with Crippen molar-refractivity contribution in [2.75, 3.05) is 0 Å². The Bertz CT molecular complexity index is 1880. The van der Waals surface area contributed by atoms with Crippen molar-refractivity contribution in [3.63, 3.8) is 0 Å². The number of nitrogens with zero attached hydrogens (tertiary/aromatic N) is 1. The molecule has 0 spiro atoms. The molecule has 1 aromatic heterocycles. The van der Waals surface area contributed by atoms with Crippen LogP contribution in [0.2, 0.25) is 0 Å². The van der Waals surface area contributed by atoms with Crippen LogP contribution in [0.4, 0.5) is 0 Å². The van der Waals surface area contributed by atoms with Gasteiger partial charge >= 0.3 is 0 Å². The van der Waals surface area contributed by atoms with E-state index in [1.165, 1.54) is 69.1 Å². The van der Waals surface area contributed by atoms with E-state index in [-0.39, 0.29) is 31.6 Å². The monoisotopic (exact) mass is 671 g/mol. The Morgan fingerprint density at radius 2 is 1.37 bits per heavy atom. The normalized spacial score (nSPS) is 11.6. The average Bonchev–Trinajstić information content (AvgIpc) is 3.22. The molecule has 1 aliphatic rings. The molecule has 4 heteroatoms. The summed E-state index contributed by atoms with van der Waals surface area (Å²) in [4.78, 5) is 15.0. The van der Waals surface area contributed by atoms with Crippen molar-refractivity contribution < 1.29 is 30.0 Å². The van der Waals surface area contributed by atoms with E-state index in [4.69, 9.17) is 10.1 Å². The second kappa shape index (κ2) is 10.3. The van der Waals surface area contributed by atoms with Crippen LogP contribution in [-0.2, 0) is 24.9 Å². The summed E-state index contributed by atoms with van der Waals surface area (Å²) in [6.45, 7) is 2.85. The van der Waals surface area contributed by atoms with Gasteiger partial charge in [0, 0.05) is 31.6 Å². The third-order valence-electron chi connectivity index (χ3n) is 6.66. The van der Waals surface area contributed by atoms with Gasteiger partial charge in [-0.15, -0.1) is 29.1 Å². The molecule has 0 atom stereocenters. The number of aliphatic hydroxyl groups is 1. The number of hydrogen-bond acceptors (Lipinski definition) is 3. The maximum atomic E-state index is 10.0. The molecular weight excluding hydrogens is 647 g/mol. The summed E-state index contributed by atoms with van der Waals surface area (Å²) in [5, 5.41) is 14.6. The standard InChI is InChI=1S/C29H16N.C5H8O2.Ir/c1-2-7-19-15-22-16-21(13-12-20(22)14-18(19)6-1)28-17-26-24-9-4-3-8-23(24)25-10-5-11-27(30-28)29(25)26;1-4(6)3-5(2)7;/h1-12,14-17H;3,6H,1-2H3;/q-1;;/b;4-3-;. The van der Waals surface area contributed by atoms with Gasteiger partial charge in [-0.25, -0.2) is 0 Å². The maximum Gasteiger partial charge on any atom is 0.155 e. The fraction of sp³-hybridized carbons (Fsp3) is 0.0588. The van der Waals surface area contributed by atoms with Crippen molar-refractivity contribution in [2.45, 2.75) is 13.8 Å². The molecule has 3 nitrogen and oxygen atoms in total. The minimum Gasteiger partial charge on any atom is -0.512 e. The SMILES string of the molecule is CC(=O)/C=C(/C)O.[Ir].[c-]1cc2cc3ccccc3cc2cc1-c1cc2c3c(cccc3n1)-c1ccccc1-2. The minimum absolute atomic E-state index is 0. The van der Waals surface area contributed by atoms with E-state index in [2.05, 4.69) is 103 Å². The first kappa shape index (κ1) is 25.5. The van der Waals surface area contributed by atoms with Crippen molar-refractivity contribution in [3.05, 3.63) is 115 Å². The van der Waals surface area contributed by atoms with Crippen molar-refractivity contribution in [1.82, 2.24) is 4.98 Å². The molecule has 0 fully saturated rings. The molecule has 1 radical (unpaired) electrons. The van der Waals surface area contributed by atoms with E-state index < -0.39 is 0 Å². The Kier molecular flexibility index (Phi) is 6.94. The van der Waals surface area contributed by atoms with Gasteiger partial charge in [-0.1, -0.05) is 84.2 Å². The van der Waals surface area contributed by atoms with E-state index >= 15 is 0 Å². The Balaban J connectivity index is 0.000000329. The summed E-state index contributed by atoms with van der Waals surface area (Å²) in [7, 11) is 0. The molecule has 7 rings (SSSR count). The van der Waals surface area contributed by atoms with Gasteiger partial charge in [0.15, 0.2) is 5.78 Å². The number of hydrogen-bond donors (Lipinski definition) is 1. The first-order valence-corrected chi connectivity index (χ1v) is 12.2. The summed E-state index contributed by atoms with van der Waals surface area (Å²) in [5.41, 5.74) is 8.19. The molecule has 38 heavy (non-hydrogen) atoms. The van der Waals surface area contributed by atoms with Crippen molar-refractivity contribution in [1.29, 1.82) is 0 Å². The first-order valence-electron chi connectivity index (χ1n) is 12.2. The van der Waals surface area contributed by atoms with Gasteiger partial charge in [0.1, 0.15) is 0 Å². The van der Waals surface area contributed by atoms with Crippen LogP contribution in [0.25, 0.3) is 66.0 Å². The van der Waals surface area contributed by atoms with Gasteiger partial charge in [-0.2, -0.15) is 0 Å². The van der Waals surface area contributed by atoms with Crippen LogP contribution >= 0.6 is 0 Å². The molecule has 187 valence electrons. The number of allylic oxidation sites excluding steroid dienone is 2. The zero-order valence-electron chi connectivity index (χ0n) is 21.0. The quantitative estimate of drug-likeness (QED) is 0.0867. The zero-order chi connectivity index (χ0) is 25.5. The zero-order valence-corrected chi connectivity index (χ0v) is 23.3. The number of fused-ring (bicyclic) bond motifs is 5. The van der Waals surface area contributed by atoms with E-state index in [1.807, 2.05) is 0 Å². The van der Waals surface area contributed by atoms with Crippen molar-refractivity contribution in [3.8, 4) is 33.5 Å². The second-order valence-electron chi connectivity index (χ2n) is 9.37. The summed E-state index contributed by atoms with van der Waals surface area (Å²) < 4.78 is 0. The number of carbonyl (C=O) groups excluding carboxylic acids is 1. The van der Waals surface area contributed by atoms with Gasteiger partial charge in [-0.3, -0.25) is 9.78 Å². The molecule has 0 unspecified atom stereocenters. The molecule has 1 N–H and O–H groups in total. The van der Waals surface area contributed by atoms with Gasteiger partial charge in [-0.05, 0) is 58.6 Å². The Hall–Kier alpha value is -4.11. The number of aromatic nitrogens is 1. The molecule has 1 aliphatic carbocycles. The smallest absolute Gasteiger partial charge is 0.155 e. The molecular formula is C34H24IrNO2-. The van der Waals surface area contributed by atoms with Gasteiger partial charge < -0.3 is 5.11 Å². The number of carbonyl (C=O) groups is 1. The fourth-order valence-electron chi connectivity index (χ4n) is 5.14. The third-order valence-corrected chi connectivity index (χ3v) is 6.66. The number of rotatable bonds is 2. The largest absolute Gasteiger partial charge is 0.512 e. The van der Waals surface area contributed by atoms with Crippen molar-refractivity contribution >= 4 is 38.2 Å². The van der Waals surface area contributed by atoms with Crippen LogP contribution in [0.3, 0.4) is 0 Å². The fourth-order valence-corrected chi connectivity index (χ4v) is 5.14. The Morgan fingerprint density at radius 1 is 0.737 bits per heavy atom. The van der Waals surface area contributed by atoms with E-state index in [0.29, 0.717) is 0 Å². The predicted octanol–water partition coefficient (Wildman–Crippen LogP) is 8.69. The van der Waals surface area contributed by atoms with Gasteiger partial charge in [0.2, 0.25) is 0 Å². The molecule has 1 heterocycles. The molecule has 0 saturated heterocycles. The van der Waals surface area contributed by atoms with Crippen LogP contribution in [0.15, 0.2) is 109 Å². The van der Waals surface area contributed by atoms with E-state index in [1.54, 1.807) is 0 Å². The van der Waals surface area contributed by atoms with Crippen LogP contribution in [-0.4, -0.2) is 15.9 Å². The number of aliphatic hydroxyl groups excluding tert-OH is 1. The van der Waals surface area contributed by atoms with Crippen LogP contribution in [0.5, 0.6) is 0 Å². The summed E-state index contributed by atoms with van der Waals surface area (Å²) in [6.07, 6.45) is 1.17. The predicted molar refractivity (Wildman–Crippen MR) is 153 cm³/mol. The Morgan fingerprint density at radius 3 is 2.03 bits per heavy atom. The number of pyridine rings is 1. The molecule has 5 aromatic carbocycles. The molecule has 0 amide bonds. The third kappa shape index (κ3) is 4.65. The van der Waals surface area contributed by atoms with Crippen LogP contribution in [0, 0.1) is 6.07 Å². The summed E-state index contributed by atoms with van der Waals surface area (Å²) >= 11 is 0. The van der Waals surface area contributed by atoms with E-state index in [0.717, 1.165) is 16.8 Å². The summed E-state index contributed by atoms with van der Waals surface area (Å²) in [5.74, 6) is -0.0625. The van der Waals surface area contributed by atoms with Crippen LogP contribution in [0.1, 0.15) is 13.8 Å². The maximum absolute atomic E-state index is 10.0.